The molecule has 0 unspecified atom stereocenters. The molecule has 0 radical (unpaired) electrons. The van der Waals surface area contributed by atoms with Gasteiger partial charge < -0.3 is 14.1 Å². The Hall–Kier alpha value is -3.85. The topological polar surface area (TPSA) is 69.2 Å². The van der Waals surface area contributed by atoms with Crippen molar-refractivity contribution in [2.45, 2.75) is 13.3 Å². The molecule has 9 heteroatoms. The normalized spacial score (nSPS) is 14.4. The second kappa shape index (κ2) is 8.18. The Kier molecular flexibility index (Phi) is 4.99. The molecule has 0 amide bonds. The van der Waals surface area contributed by atoms with Gasteiger partial charge in [-0.2, -0.15) is 0 Å². The fourth-order valence-corrected chi connectivity index (χ4v) is 4.60. The van der Waals surface area contributed by atoms with Crippen LogP contribution >= 0.6 is 0 Å². The standard InChI is InChI=1S/C25H21F2N5O2/c1-2-21-30-23-16(25-29-7-10-34-25)13-15(31-8-11-33-12-9-31)14-20(23)32(21)19-5-6-28-24-18(27)4-3-17(26)22(19)24/h3-7,10,13-14H,2,8-9,11-12H2,1H3. The van der Waals surface area contributed by atoms with Gasteiger partial charge in [-0.15, -0.1) is 0 Å². The van der Waals surface area contributed by atoms with Crippen molar-refractivity contribution in [1.82, 2.24) is 19.5 Å². The number of oxazole rings is 1. The number of hydrogen-bond acceptors (Lipinski definition) is 6. The molecule has 3 aromatic heterocycles. The van der Waals surface area contributed by atoms with E-state index in [1.807, 2.05) is 23.6 Å². The van der Waals surface area contributed by atoms with Crippen LogP contribution in [0, 0.1) is 11.6 Å². The Labute approximate surface area is 193 Å². The predicted molar refractivity (Wildman–Crippen MR) is 124 cm³/mol. The van der Waals surface area contributed by atoms with Gasteiger partial charge >= 0.3 is 0 Å². The van der Waals surface area contributed by atoms with Gasteiger partial charge in [-0.3, -0.25) is 9.55 Å². The Bertz CT molecular complexity index is 1510. The van der Waals surface area contributed by atoms with Crippen LogP contribution in [0.3, 0.4) is 0 Å². The number of ether oxygens (including phenoxy) is 1. The van der Waals surface area contributed by atoms with Gasteiger partial charge in [-0.1, -0.05) is 6.92 Å². The van der Waals surface area contributed by atoms with E-state index in [2.05, 4.69) is 14.9 Å². The first-order chi connectivity index (χ1) is 16.7. The summed E-state index contributed by atoms with van der Waals surface area (Å²) in [6.45, 7) is 4.72. The third kappa shape index (κ3) is 3.23. The molecule has 172 valence electrons. The number of hydrogen-bond donors (Lipinski definition) is 0. The van der Waals surface area contributed by atoms with Crippen LogP contribution in [0.2, 0.25) is 0 Å². The maximum absolute atomic E-state index is 15.0. The van der Waals surface area contributed by atoms with Crippen molar-refractivity contribution in [3.8, 4) is 17.1 Å². The highest BCUT2D eigenvalue weighted by Gasteiger charge is 2.23. The molecule has 2 aromatic carbocycles. The monoisotopic (exact) mass is 461 g/mol. The van der Waals surface area contributed by atoms with Crippen molar-refractivity contribution < 1.29 is 17.9 Å². The second-order valence-electron chi connectivity index (χ2n) is 8.10. The molecular formula is C25H21F2N5O2. The summed E-state index contributed by atoms with van der Waals surface area (Å²) in [7, 11) is 0. The van der Waals surface area contributed by atoms with Crippen LogP contribution in [0.5, 0.6) is 0 Å². The molecule has 1 saturated heterocycles. The number of imidazole rings is 1. The van der Waals surface area contributed by atoms with E-state index in [1.165, 1.54) is 12.5 Å². The van der Waals surface area contributed by atoms with Gasteiger partial charge in [0.2, 0.25) is 5.89 Å². The van der Waals surface area contributed by atoms with Crippen LogP contribution < -0.4 is 4.90 Å². The van der Waals surface area contributed by atoms with E-state index in [0.29, 0.717) is 42.6 Å². The third-order valence-corrected chi connectivity index (χ3v) is 6.18. The SMILES string of the molecule is CCc1nc2c(-c3ncco3)cc(N3CCOCC3)cc2n1-c1ccnc2c(F)ccc(F)c12. The number of morpholine rings is 1. The molecule has 1 aliphatic rings. The van der Waals surface area contributed by atoms with Crippen LogP contribution in [0.1, 0.15) is 12.7 Å². The van der Waals surface area contributed by atoms with Gasteiger partial charge in [0.05, 0.1) is 41.6 Å². The van der Waals surface area contributed by atoms with Crippen LogP contribution in [0.4, 0.5) is 14.5 Å². The molecule has 0 spiro atoms. The lowest BCUT2D eigenvalue weighted by molar-refractivity contribution is 0.122. The summed E-state index contributed by atoms with van der Waals surface area (Å²) in [6, 6.07) is 7.96. The summed E-state index contributed by atoms with van der Waals surface area (Å²) >= 11 is 0. The maximum Gasteiger partial charge on any atom is 0.228 e. The van der Waals surface area contributed by atoms with Gasteiger partial charge in [0.1, 0.15) is 34.8 Å². The van der Waals surface area contributed by atoms with Crippen molar-refractivity contribution in [1.29, 1.82) is 0 Å². The van der Waals surface area contributed by atoms with E-state index in [-0.39, 0.29) is 10.9 Å². The molecule has 0 atom stereocenters. The van der Waals surface area contributed by atoms with Gasteiger partial charge in [-0.25, -0.2) is 18.7 Å². The average molecular weight is 461 g/mol. The van der Waals surface area contributed by atoms with Gasteiger partial charge in [0, 0.05) is 31.4 Å². The molecule has 5 aromatic rings. The van der Waals surface area contributed by atoms with E-state index in [9.17, 15) is 4.39 Å². The average Bonchev–Trinajstić information content (AvgIpc) is 3.54. The van der Waals surface area contributed by atoms with Crippen molar-refractivity contribution in [2.24, 2.45) is 0 Å². The first-order valence-electron chi connectivity index (χ1n) is 11.2. The van der Waals surface area contributed by atoms with E-state index < -0.39 is 11.6 Å². The molecule has 4 heterocycles. The molecule has 0 N–H and O–H groups in total. The van der Waals surface area contributed by atoms with Crippen molar-refractivity contribution in [3.05, 3.63) is 66.4 Å². The summed E-state index contributed by atoms with van der Waals surface area (Å²) in [5.41, 5.74) is 3.60. The Morgan fingerprint density at radius 2 is 1.79 bits per heavy atom. The van der Waals surface area contributed by atoms with Crippen LogP contribution in [-0.2, 0) is 11.2 Å². The summed E-state index contributed by atoms with van der Waals surface area (Å²) < 4.78 is 42.6. The summed E-state index contributed by atoms with van der Waals surface area (Å²) in [4.78, 5) is 15.6. The number of nitrogens with zero attached hydrogens (tertiary/aromatic N) is 5. The zero-order valence-corrected chi connectivity index (χ0v) is 18.5. The maximum atomic E-state index is 15.0. The van der Waals surface area contributed by atoms with E-state index in [1.54, 1.807) is 12.3 Å². The number of rotatable bonds is 4. The zero-order chi connectivity index (χ0) is 23.2. The number of anilines is 1. The highest BCUT2D eigenvalue weighted by molar-refractivity contribution is 5.97. The number of aryl methyl sites for hydroxylation is 1. The molecule has 0 saturated carbocycles. The van der Waals surface area contributed by atoms with Gasteiger partial charge in [-0.05, 0) is 30.3 Å². The van der Waals surface area contributed by atoms with Crippen LogP contribution in [0.25, 0.3) is 39.1 Å². The number of halogens is 2. The lowest BCUT2D eigenvalue weighted by atomic mass is 10.1. The predicted octanol–water partition coefficient (Wildman–Crippen LogP) is 4.91. The number of fused-ring (bicyclic) bond motifs is 2. The first kappa shape index (κ1) is 20.7. The van der Waals surface area contributed by atoms with Crippen molar-refractivity contribution in [2.75, 3.05) is 31.2 Å². The zero-order valence-electron chi connectivity index (χ0n) is 18.5. The molecule has 1 aliphatic heterocycles. The fourth-order valence-electron chi connectivity index (χ4n) is 4.60. The Morgan fingerprint density at radius 1 is 0.971 bits per heavy atom. The Balaban J connectivity index is 1.70. The number of benzene rings is 2. The molecule has 0 aliphatic carbocycles. The van der Waals surface area contributed by atoms with Crippen molar-refractivity contribution >= 4 is 27.6 Å². The smallest absolute Gasteiger partial charge is 0.228 e. The number of aromatic nitrogens is 4. The Morgan fingerprint density at radius 3 is 2.56 bits per heavy atom. The van der Waals surface area contributed by atoms with Gasteiger partial charge in [0.15, 0.2) is 0 Å². The van der Waals surface area contributed by atoms with E-state index in [0.717, 1.165) is 42.0 Å². The molecule has 0 bridgehead atoms. The second-order valence-corrected chi connectivity index (χ2v) is 8.10. The highest BCUT2D eigenvalue weighted by atomic mass is 19.1. The quantitative estimate of drug-likeness (QED) is 0.379. The van der Waals surface area contributed by atoms with E-state index >= 15 is 4.39 Å². The largest absolute Gasteiger partial charge is 0.444 e. The lowest BCUT2D eigenvalue weighted by Crippen LogP contribution is -2.36. The van der Waals surface area contributed by atoms with Crippen LogP contribution in [0.15, 0.2) is 53.4 Å². The minimum absolute atomic E-state index is 0.0151. The molecular weight excluding hydrogens is 440 g/mol. The molecule has 1 fully saturated rings. The number of pyridine rings is 1. The first-order valence-corrected chi connectivity index (χ1v) is 11.2. The summed E-state index contributed by atoms with van der Waals surface area (Å²) in [6.07, 6.45) is 5.18. The molecule has 7 nitrogen and oxygen atoms in total. The van der Waals surface area contributed by atoms with Crippen LogP contribution in [-0.4, -0.2) is 45.8 Å². The minimum Gasteiger partial charge on any atom is -0.444 e. The summed E-state index contributed by atoms with van der Waals surface area (Å²) in [5.74, 6) is 0.0400. The lowest BCUT2D eigenvalue weighted by Gasteiger charge is -2.29. The fraction of sp³-hybridized carbons (Fsp3) is 0.240. The van der Waals surface area contributed by atoms with Crippen molar-refractivity contribution in [3.63, 3.8) is 0 Å². The van der Waals surface area contributed by atoms with Gasteiger partial charge in [0.25, 0.3) is 0 Å². The van der Waals surface area contributed by atoms with E-state index in [4.69, 9.17) is 14.1 Å². The summed E-state index contributed by atoms with van der Waals surface area (Å²) in [5, 5.41) is 0.117. The minimum atomic E-state index is -0.574. The third-order valence-electron chi connectivity index (χ3n) is 6.18. The highest BCUT2D eigenvalue weighted by Crippen LogP contribution is 2.37. The molecule has 34 heavy (non-hydrogen) atoms. The molecule has 6 rings (SSSR count).